The van der Waals surface area contributed by atoms with Gasteiger partial charge in [-0.05, 0) is 44.0 Å². The Balaban J connectivity index is 3.17. The molecule has 0 aliphatic rings. The molecule has 0 bridgehead atoms. The molecule has 0 spiro atoms. The SMILES string of the molecule is FC(F)Oc1ccc(Br)c(Br)c1OC(F)(F)F. The molecule has 0 saturated heterocycles. The second-order valence-electron chi connectivity index (χ2n) is 2.61. The fourth-order valence-electron chi connectivity index (χ4n) is 0.914. The quantitative estimate of drug-likeness (QED) is 0.701. The van der Waals surface area contributed by atoms with Crippen molar-refractivity contribution >= 4 is 31.9 Å². The second kappa shape index (κ2) is 5.38. The predicted octanol–water partition coefficient (Wildman–Crippen LogP) is 4.71. The highest BCUT2D eigenvalue weighted by molar-refractivity contribution is 9.13. The number of halogens is 7. The van der Waals surface area contributed by atoms with Crippen LogP contribution in [0.3, 0.4) is 0 Å². The van der Waals surface area contributed by atoms with Gasteiger partial charge in [0, 0.05) is 4.47 Å². The van der Waals surface area contributed by atoms with E-state index in [-0.39, 0.29) is 8.95 Å². The maximum Gasteiger partial charge on any atom is 0.573 e. The molecule has 9 heteroatoms. The Morgan fingerprint density at radius 1 is 1.12 bits per heavy atom. The molecule has 17 heavy (non-hydrogen) atoms. The summed E-state index contributed by atoms with van der Waals surface area (Å²) in [6.45, 7) is -3.25. The van der Waals surface area contributed by atoms with Gasteiger partial charge in [0.15, 0.2) is 11.5 Å². The third-order valence-electron chi connectivity index (χ3n) is 1.45. The lowest BCUT2D eigenvalue weighted by molar-refractivity contribution is -0.275. The van der Waals surface area contributed by atoms with Gasteiger partial charge in [-0.3, -0.25) is 0 Å². The molecule has 1 aromatic carbocycles. The van der Waals surface area contributed by atoms with Gasteiger partial charge in [0.25, 0.3) is 0 Å². The van der Waals surface area contributed by atoms with Crippen molar-refractivity contribution in [2.24, 2.45) is 0 Å². The molecule has 2 nitrogen and oxygen atoms in total. The van der Waals surface area contributed by atoms with E-state index in [1.165, 1.54) is 6.07 Å². The van der Waals surface area contributed by atoms with Crippen molar-refractivity contribution < 1.29 is 31.4 Å². The van der Waals surface area contributed by atoms with Crippen LogP contribution in [-0.2, 0) is 0 Å². The molecule has 0 aliphatic carbocycles. The average molecular weight is 386 g/mol. The molecule has 0 atom stereocenters. The normalized spacial score (nSPS) is 11.8. The molecule has 0 saturated carbocycles. The first-order chi connectivity index (χ1) is 7.70. The van der Waals surface area contributed by atoms with Crippen molar-refractivity contribution in [3.63, 3.8) is 0 Å². The molecule has 0 aliphatic heterocycles. The zero-order valence-electron chi connectivity index (χ0n) is 7.69. The fourth-order valence-corrected chi connectivity index (χ4v) is 1.63. The van der Waals surface area contributed by atoms with Crippen molar-refractivity contribution in [2.45, 2.75) is 13.0 Å². The number of alkyl halides is 5. The van der Waals surface area contributed by atoms with E-state index in [1.54, 1.807) is 0 Å². The maximum absolute atomic E-state index is 12.1. The Hall–Kier alpha value is -0.570. The van der Waals surface area contributed by atoms with Crippen LogP contribution in [0.5, 0.6) is 11.5 Å². The lowest BCUT2D eigenvalue weighted by atomic mass is 10.3. The smallest absolute Gasteiger partial charge is 0.431 e. The lowest BCUT2D eigenvalue weighted by Crippen LogP contribution is -2.18. The van der Waals surface area contributed by atoms with E-state index in [2.05, 4.69) is 41.3 Å². The summed E-state index contributed by atoms with van der Waals surface area (Å²) in [7, 11) is 0. The molecular weight excluding hydrogens is 383 g/mol. The predicted molar refractivity (Wildman–Crippen MR) is 55.2 cm³/mol. The topological polar surface area (TPSA) is 18.5 Å². The van der Waals surface area contributed by atoms with Gasteiger partial charge in [-0.25, -0.2) is 0 Å². The van der Waals surface area contributed by atoms with Gasteiger partial charge in [0.05, 0.1) is 4.47 Å². The minimum Gasteiger partial charge on any atom is -0.431 e. The molecule has 0 amide bonds. The van der Waals surface area contributed by atoms with Crippen molar-refractivity contribution in [3.05, 3.63) is 21.1 Å². The largest absolute Gasteiger partial charge is 0.573 e. The van der Waals surface area contributed by atoms with Crippen molar-refractivity contribution in [1.29, 1.82) is 0 Å². The van der Waals surface area contributed by atoms with Crippen LogP contribution in [-0.4, -0.2) is 13.0 Å². The molecule has 0 heterocycles. The van der Waals surface area contributed by atoms with Crippen LogP contribution in [0.2, 0.25) is 0 Å². The van der Waals surface area contributed by atoms with Crippen LogP contribution in [0.25, 0.3) is 0 Å². The van der Waals surface area contributed by atoms with Crippen LogP contribution in [0.4, 0.5) is 22.0 Å². The second-order valence-corrected chi connectivity index (χ2v) is 4.26. The summed E-state index contributed by atoms with van der Waals surface area (Å²) in [6.07, 6.45) is -5.01. The summed E-state index contributed by atoms with van der Waals surface area (Å²) in [6, 6.07) is 2.17. The Kier molecular flexibility index (Phi) is 4.59. The molecule has 0 fully saturated rings. The molecule has 1 aromatic rings. The minimum atomic E-state index is -5.01. The Bertz CT molecular complexity index is 408. The monoisotopic (exact) mass is 384 g/mol. The van der Waals surface area contributed by atoms with Gasteiger partial charge in [0.1, 0.15) is 0 Å². The summed E-state index contributed by atoms with van der Waals surface area (Å²) >= 11 is 5.69. The van der Waals surface area contributed by atoms with Crippen molar-refractivity contribution in [3.8, 4) is 11.5 Å². The Labute approximate surface area is 109 Å². The maximum atomic E-state index is 12.1. The number of benzene rings is 1. The molecule has 0 unspecified atom stereocenters. The van der Waals surface area contributed by atoms with E-state index in [9.17, 15) is 22.0 Å². The highest BCUT2D eigenvalue weighted by Crippen LogP contribution is 2.43. The van der Waals surface area contributed by atoms with Gasteiger partial charge < -0.3 is 9.47 Å². The van der Waals surface area contributed by atoms with Crippen LogP contribution in [0.1, 0.15) is 0 Å². The first kappa shape index (κ1) is 14.5. The van der Waals surface area contributed by atoms with Gasteiger partial charge in [-0.2, -0.15) is 8.78 Å². The van der Waals surface area contributed by atoms with Crippen molar-refractivity contribution in [1.82, 2.24) is 0 Å². The zero-order chi connectivity index (χ0) is 13.2. The van der Waals surface area contributed by atoms with Gasteiger partial charge in [-0.1, -0.05) is 0 Å². The molecule has 0 N–H and O–H groups in total. The lowest BCUT2D eigenvalue weighted by Gasteiger charge is -2.15. The standard InChI is InChI=1S/C8H3Br2F5O2/c9-3-1-2-4(16-7(11)12)6(5(3)10)17-8(13,14)15/h1-2,7H. The highest BCUT2D eigenvalue weighted by atomic mass is 79.9. The first-order valence-electron chi connectivity index (χ1n) is 3.89. The number of rotatable bonds is 3. The Morgan fingerprint density at radius 2 is 1.71 bits per heavy atom. The van der Waals surface area contributed by atoms with Gasteiger partial charge in [0.2, 0.25) is 0 Å². The van der Waals surface area contributed by atoms with E-state index in [0.29, 0.717) is 0 Å². The molecule has 0 radical (unpaired) electrons. The van der Waals surface area contributed by atoms with Crippen LogP contribution < -0.4 is 9.47 Å². The number of hydrogen-bond donors (Lipinski definition) is 0. The van der Waals surface area contributed by atoms with Crippen LogP contribution in [0, 0.1) is 0 Å². The minimum absolute atomic E-state index is 0.173. The third-order valence-corrected chi connectivity index (χ3v) is 3.43. The van der Waals surface area contributed by atoms with Crippen LogP contribution in [0.15, 0.2) is 21.1 Å². The average Bonchev–Trinajstić information content (AvgIpc) is 2.15. The zero-order valence-corrected chi connectivity index (χ0v) is 10.9. The van der Waals surface area contributed by atoms with E-state index in [4.69, 9.17) is 0 Å². The summed E-state index contributed by atoms with van der Waals surface area (Å²) in [5, 5.41) is 0. The van der Waals surface area contributed by atoms with E-state index >= 15 is 0 Å². The van der Waals surface area contributed by atoms with E-state index in [0.717, 1.165) is 6.07 Å². The van der Waals surface area contributed by atoms with Gasteiger partial charge >= 0.3 is 13.0 Å². The fraction of sp³-hybridized carbons (Fsp3) is 0.250. The highest BCUT2D eigenvalue weighted by Gasteiger charge is 2.34. The summed E-state index contributed by atoms with van der Waals surface area (Å²) in [4.78, 5) is 0. The van der Waals surface area contributed by atoms with Crippen LogP contribution >= 0.6 is 31.9 Å². The third kappa shape index (κ3) is 4.30. The summed E-state index contributed by atoms with van der Waals surface area (Å²) < 4.78 is 67.7. The molecule has 0 aromatic heterocycles. The van der Waals surface area contributed by atoms with Gasteiger partial charge in [-0.15, -0.1) is 13.2 Å². The van der Waals surface area contributed by atoms with Crippen molar-refractivity contribution in [2.75, 3.05) is 0 Å². The molecule has 1 rings (SSSR count). The molecular formula is C8H3Br2F5O2. The molecule has 96 valence electrons. The summed E-state index contributed by atoms with van der Waals surface area (Å²) in [5.41, 5.74) is 0. The van der Waals surface area contributed by atoms with E-state index < -0.39 is 24.5 Å². The summed E-state index contributed by atoms with van der Waals surface area (Å²) in [5.74, 6) is -1.58. The number of ether oxygens (including phenoxy) is 2. The number of hydrogen-bond acceptors (Lipinski definition) is 2. The first-order valence-corrected chi connectivity index (χ1v) is 5.48. The van der Waals surface area contributed by atoms with E-state index in [1.807, 2.05) is 0 Å². The Morgan fingerprint density at radius 3 is 2.18 bits per heavy atom.